The highest BCUT2D eigenvalue weighted by atomic mass is 32.2. The number of nitrogens with zero attached hydrogens (tertiary/aromatic N) is 2. The van der Waals surface area contributed by atoms with Gasteiger partial charge in [0.15, 0.2) is 0 Å². The first-order valence-corrected chi connectivity index (χ1v) is 10.4. The standard InChI is InChI=1S/C18H30N2O3S/c1-5-6-13-19(24(4,22)23)14-12-18(21)20(16(2)3)15-17-10-8-7-9-11-17/h7-11,16H,5-6,12-15H2,1-4H3. The molecular formula is C18H30N2O3S. The Bertz CT molecular complexity index is 600. The highest BCUT2D eigenvalue weighted by Crippen LogP contribution is 2.11. The second-order valence-corrected chi connectivity index (χ2v) is 8.35. The fraction of sp³-hybridized carbons (Fsp3) is 0.611. The molecule has 0 heterocycles. The van der Waals surface area contributed by atoms with Gasteiger partial charge in [0, 0.05) is 32.1 Å². The summed E-state index contributed by atoms with van der Waals surface area (Å²) in [5.41, 5.74) is 1.07. The molecule has 0 aliphatic heterocycles. The molecule has 136 valence electrons. The van der Waals surface area contributed by atoms with E-state index in [0.29, 0.717) is 13.1 Å². The molecule has 1 aromatic carbocycles. The minimum Gasteiger partial charge on any atom is -0.336 e. The van der Waals surface area contributed by atoms with E-state index in [0.717, 1.165) is 18.4 Å². The highest BCUT2D eigenvalue weighted by molar-refractivity contribution is 7.88. The van der Waals surface area contributed by atoms with Crippen molar-refractivity contribution in [3.05, 3.63) is 35.9 Å². The third kappa shape index (κ3) is 7.01. The maximum Gasteiger partial charge on any atom is 0.224 e. The van der Waals surface area contributed by atoms with Gasteiger partial charge >= 0.3 is 0 Å². The van der Waals surface area contributed by atoms with E-state index >= 15 is 0 Å². The number of amides is 1. The number of rotatable bonds is 10. The lowest BCUT2D eigenvalue weighted by atomic mass is 10.1. The summed E-state index contributed by atoms with van der Waals surface area (Å²) in [6.07, 6.45) is 3.14. The normalized spacial score (nSPS) is 11.9. The van der Waals surface area contributed by atoms with Crippen LogP contribution in [0.25, 0.3) is 0 Å². The van der Waals surface area contributed by atoms with Crippen LogP contribution in [0, 0.1) is 0 Å². The molecule has 0 saturated heterocycles. The monoisotopic (exact) mass is 354 g/mol. The van der Waals surface area contributed by atoms with Gasteiger partial charge in [-0.1, -0.05) is 43.7 Å². The van der Waals surface area contributed by atoms with Crippen LogP contribution < -0.4 is 0 Å². The van der Waals surface area contributed by atoms with Crippen LogP contribution in [0.3, 0.4) is 0 Å². The van der Waals surface area contributed by atoms with E-state index in [1.807, 2.05) is 51.1 Å². The maximum atomic E-state index is 12.6. The van der Waals surface area contributed by atoms with Crippen molar-refractivity contribution in [1.82, 2.24) is 9.21 Å². The molecule has 6 heteroatoms. The summed E-state index contributed by atoms with van der Waals surface area (Å²) in [5, 5.41) is 0. The van der Waals surface area contributed by atoms with Gasteiger partial charge in [-0.2, -0.15) is 0 Å². The molecule has 0 aliphatic carbocycles. The minimum atomic E-state index is -3.28. The molecular weight excluding hydrogens is 324 g/mol. The second kappa shape index (κ2) is 9.79. The number of carbonyl (C=O) groups is 1. The van der Waals surface area contributed by atoms with Crippen LogP contribution in [0.5, 0.6) is 0 Å². The summed E-state index contributed by atoms with van der Waals surface area (Å²) in [6, 6.07) is 9.91. The summed E-state index contributed by atoms with van der Waals surface area (Å²) in [4.78, 5) is 14.4. The van der Waals surface area contributed by atoms with Crippen LogP contribution in [0.1, 0.15) is 45.6 Å². The number of benzene rings is 1. The fourth-order valence-corrected chi connectivity index (χ4v) is 3.36. The Kier molecular flexibility index (Phi) is 8.42. The lowest BCUT2D eigenvalue weighted by Crippen LogP contribution is -2.39. The van der Waals surface area contributed by atoms with Crippen molar-refractivity contribution in [3.8, 4) is 0 Å². The Balaban J connectivity index is 2.70. The first-order chi connectivity index (χ1) is 11.3. The third-order valence-electron chi connectivity index (χ3n) is 3.94. The molecule has 0 bridgehead atoms. The molecule has 1 amide bonds. The molecule has 5 nitrogen and oxygen atoms in total. The zero-order valence-electron chi connectivity index (χ0n) is 15.2. The topological polar surface area (TPSA) is 57.7 Å². The van der Waals surface area contributed by atoms with Crippen molar-refractivity contribution in [2.24, 2.45) is 0 Å². The molecule has 0 radical (unpaired) electrons. The van der Waals surface area contributed by atoms with Gasteiger partial charge in [0.2, 0.25) is 15.9 Å². The summed E-state index contributed by atoms with van der Waals surface area (Å²) < 4.78 is 25.1. The van der Waals surface area contributed by atoms with Gasteiger partial charge in [0.1, 0.15) is 0 Å². The predicted octanol–water partition coefficient (Wildman–Crippen LogP) is 2.88. The van der Waals surface area contributed by atoms with Gasteiger partial charge < -0.3 is 4.90 Å². The first-order valence-electron chi connectivity index (χ1n) is 8.54. The lowest BCUT2D eigenvalue weighted by Gasteiger charge is -2.28. The smallest absolute Gasteiger partial charge is 0.224 e. The van der Waals surface area contributed by atoms with E-state index in [1.165, 1.54) is 10.6 Å². The molecule has 24 heavy (non-hydrogen) atoms. The Morgan fingerprint density at radius 3 is 2.25 bits per heavy atom. The van der Waals surface area contributed by atoms with E-state index in [-0.39, 0.29) is 24.9 Å². The molecule has 0 aromatic heterocycles. The van der Waals surface area contributed by atoms with Crippen molar-refractivity contribution < 1.29 is 13.2 Å². The van der Waals surface area contributed by atoms with Crippen molar-refractivity contribution in [3.63, 3.8) is 0 Å². The quantitative estimate of drug-likeness (QED) is 0.649. The van der Waals surface area contributed by atoms with Crippen molar-refractivity contribution in [2.45, 2.75) is 52.6 Å². The zero-order valence-corrected chi connectivity index (χ0v) is 16.1. The van der Waals surface area contributed by atoms with Crippen LogP contribution in [0.4, 0.5) is 0 Å². The van der Waals surface area contributed by atoms with E-state index in [1.54, 1.807) is 4.90 Å². The van der Waals surface area contributed by atoms with E-state index in [9.17, 15) is 13.2 Å². The Morgan fingerprint density at radius 1 is 1.12 bits per heavy atom. The van der Waals surface area contributed by atoms with Gasteiger partial charge in [-0.15, -0.1) is 0 Å². The van der Waals surface area contributed by atoms with Crippen molar-refractivity contribution in [1.29, 1.82) is 0 Å². The molecule has 1 rings (SSSR count). The van der Waals surface area contributed by atoms with Crippen LogP contribution >= 0.6 is 0 Å². The SMILES string of the molecule is CCCCN(CCC(=O)N(Cc1ccccc1)C(C)C)S(C)(=O)=O. The van der Waals surface area contributed by atoms with Gasteiger partial charge in [0.05, 0.1) is 6.26 Å². The molecule has 0 spiro atoms. The molecule has 0 N–H and O–H groups in total. The first kappa shape index (κ1) is 20.6. The molecule has 0 atom stereocenters. The summed E-state index contributed by atoms with van der Waals surface area (Å²) in [6.45, 7) is 7.24. The Labute approximate surface area is 146 Å². The number of hydrogen-bond acceptors (Lipinski definition) is 3. The number of carbonyl (C=O) groups excluding carboxylic acids is 1. The third-order valence-corrected chi connectivity index (χ3v) is 5.25. The van der Waals surface area contributed by atoms with Gasteiger partial charge in [-0.25, -0.2) is 12.7 Å². The number of unbranched alkanes of at least 4 members (excludes halogenated alkanes) is 1. The predicted molar refractivity (Wildman–Crippen MR) is 98.1 cm³/mol. The fourth-order valence-electron chi connectivity index (χ4n) is 2.48. The average Bonchev–Trinajstić information content (AvgIpc) is 2.51. The maximum absolute atomic E-state index is 12.6. The van der Waals surface area contributed by atoms with Crippen molar-refractivity contribution >= 4 is 15.9 Å². The molecule has 0 unspecified atom stereocenters. The molecule has 1 aromatic rings. The van der Waals surface area contributed by atoms with Crippen LogP contribution in [-0.4, -0.2) is 48.9 Å². The van der Waals surface area contributed by atoms with Gasteiger partial charge in [-0.05, 0) is 25.8 Å². The van der Waals surface area contributed by atoms with Crippen LogP contribution in [0.2, 0.25) is 0 Å². The van der Waals surface area contributed by atoms with Gasteiger partial charge in [-0.3, -0.25) is 4.79 Å². The lowest BCUT2D eigenvalue weighted by molar-refractivity contribution is -0.133. The Hall–Kier alpha value is -1.40. The largest absolute Gasteiger partial charge is 0.336 e. The van der Waals surface area contributed by atoms with Gasteiger partial charge in [0.25, 0.3) is 0 Å². The minimum absolute atomic E-state index is 0.0148. The van der Waals surface area contributed by atoms with Crippen LogP contribution in [-0.2, 0) is 21.4 Å². The number of hydrogen-bond donors (Lipinski definition) is 0. The summed E-state index contributed by atoms with van der Waals surface area (Å²) in [7, 11) is -3.28. The molecule has 0 fully saturated rings. The van der Waals surface area contributed by atoms with E-state index in [2.05, 4.69) is 0 Å². The van der Waals surface area contributed by atoms with E-state index < -0.39 is 10.0 Å². The van der Waals surface area contributed by atoms with Crippen molar-refractivity contribution in [2.75, 3.05) is 19.3 Å². The second-order valence-electron chi connectivity index (χ2n) is 6.37. The Morgan fingerprint density at radius 2 is 1.75 bits per heavy atom. The summed E-state index contributed by atoms with van der Waals surface area (Å²) in [5.74, 6) is -0.0148. The molecule has 0 aliphatic rings. The number of sulfonamides is 1. The molecule has 0 saturated carbocycles. The zero-order chi connectivity index (χ0) is 18.2. The average molecular weight is 355 g/mol. The van der Waals surface area contributed by atoms with Crippen LogP contribution in [0.15, 0.2) is 30.3 Å². The highest BCUT2D eigenvalue weighted by Gasteiger charge is 2.21. The van der Waals surface area contributed by atoms with E-state index in [4.69, 9.17) is 0 Å². The summed E-state index contributed by atoms with van der Waals surface area (Å²) >= 11 is 0.